The van der Waals surface area contributed by atoms with E-state index in [4.69, 9.17) is 14.2 Å². The van der Waals surface area contributed by atoms with Crippen LogP contribution in [0.5, 0.6) is 11.5 Å². The van der Waals surface area contributed by atoms with E-state index in [0.717, 1.165) is 32.1 Å². The van der Waals surface area contributed by atoms with Crippen LogP contribution in [0.3, 0.4) is 0 Å². The van der Waals surface area contributed by atoms with E-state index >= 15 is 0 Å². The van der Waals surface area contributed by atoms with Crippen LogP contribution >= 0.6 is 0 Å². The lowest BCUT2D eigenvalue weighted by Gasteiger charge is -2.29. The number of carbonyl (C=O) groups is 7. The number of rotatable bonds is 17. The Labute approximate surface area is 304 Å². The summed E-state index contributed by atoms with van der Waals surface area (Å²) >= 11 is 0. The molecule has 1 aromatic heterocycles. The van der Waals surface area contributed by atoms with E-state index < -0.39 is 71.4 Å². The van der Waals surface area contributed by atoms with E-state index in [-0.39, 0.29) is 36.0 Å². The van der Waals surface area contributed by atoms with Gasteiger partial charge in [0.25, 0.3) is 0 Å². The van der Waals surface area contributed by atoms with Gasteiger partial charge >= 0.3 is 17.9 Å². The lowest BCUT2D eigenvalue weighted by molar-refractivity contribution is -0.163. The molecule has 1 N–H and O–H groups in total. The molecule has 2 aromatic rings. The second-order valence-corrected chi connectivity index (χ2v) is 13.3. The van der Waals surface area contributed by atoms with Gasteiger partial charge in [0.1, 0.15) is 12.1 Å². The fraction of sp³-hybridized carbons (Fsp3) is 0.538. The molecule has 282 valence electrons. The predicted octanol–water partition coefficient (Wildman–Crippen LogP) is 5.12. The summed E-state index contributed by atoms with van der Waals surface area (Å²) in [6.07, 6.45) is 4.61. The monoisotopic (exact) mass is 722 g/mol. The Kier molecular flexibility index (Phi) is 16.1. The first-order valence-corrected chi connectivity index (χ1v) is 17.8. The fourth-order valence-electron chi connectivity index (χ4n) is 5.97. The first-order valence-electron chi connectivity index (χ1n) is 17.8. The molecule has 52 heavy (non-hydrogen) atoms. The highest BCUT2D eigenvalue weighted by molar-refractivity contribution is 6.44. The summed E-state index contributed by atoms with van der Waals surface area (Å²) in [6, 6.07) is 7.33. The van der Waals surface area contributed by atoms with Crippen molar-refractivity contribution < 1.29 is 52.5 Å². The van der Waals surface area contributed by atoms with Gasteiger partial charge < -0.3 is 24.3 Å². The molecule has 0 saturated heterocycles. The first-order chi connectivity index (χ1) is 24.8. The number of ketones is 4. The van der Waals surface area contributed by atoms with Crippen molar-refractivity contribution in [3.8, 4) is 11.5 Å². The zero-order valence-electron chi connectivity index (χ0n) is 30.9. The maximum Gasteiger partial charge on any atom is 0.311 e. The normalized spacial score (nSPS) is 19.4. The molecule has 1 aliphatic carbocycles. The minimum absolute atomic E-state index is 0.00140. The number of pyridine rings is 1. The molecule has 4 atom stereocenters. The maximum atomic E-state index is 13.8. The van der Waals surface area contributed by atoms with Gasteiger partial charge in [-0.1, -0.05) is 76.8 Å². The van der Waals surface area contributed by atoms with E-state index in [0.29, 0.717) is 24.1 Å². The molecule has 13 heteroatoms. The van der Waals surface area contributed by atoms with Gasteiger partial charge in [0, 0.05) is 19.3 Å². The number of Topliss-reactive ketones (excluding diaryl/α,β-unsaturated/α-hetero) is 4. The van der Waals surface area contributed by atoms with E-state index in [9.17, 15) is 33.6 Å². The largest absolute Gasteiger partial charge is 0.491 e. The quantitative estimate of drug-likeness (QED) is 0.129. The van der Waals surface area contributed by atoms with Crippen molar-refractivity contribution in [1.82, 2.24) is 4.98 Å². The minimum atomic E-state index is -1.50. The van der Waals surface area contributed by atoms with Gasteiger partial charge in [-0.3, -0.25) is 38.5 Å². The lowest BCUT2D eigenvalue weighted by atomic mass is 9.81. The molecule has 0 unspecified atom stereocenters. The molecule has 1 aliphatic rings. The Balaban J connectivity index is 1.80. The number of nitrogens with one attached hydrogen (secondary N) is 1. The Morgan fingerprint density at radius 1 is 0.846 bits per heavy atom. The summed E-state index contributed by atoms with van der Waals surface area (Å²) in [5.74, 6) is -8.17. The molecule has 0 radical (unpaired) electrons. The Morgan fingerprint density at radius 2 is 1.46 bits per heavy atom. The average Bonchev–Trinajstić information content (AvgIpc) is 3.15. The molecule has 1 saturated carbocycles. The average molecular weight is 723 g/mol. The standard InChI is InChI=1S/C39H50N2O11/c1-23(2)39(48)52-36-24(3)33(45)35(47)28(21-30(42)34(46)27(36)20-26-16-12-11-13-17-26)41-29-22-40-25(4)37(38(29)50-6)51-32(44)19-15-10-8-7-9-14-18-31(43)49-5/h11-13,16-17,22-24,27-28,36,41H,7-10,14-15,18-21H2,1-6H3/t24-,27+,28+,36-/m1/s1. The number of aromatic nitrogens is 1. The highest BCUT2D eigenvalue weighted by Gasteiger charge is 2.46. The van der Waals surface area contributed by atoms with Gasteiger partial charge in [0.05, 0.1) is 49.6 Å². The van der Waals surface area contributed by atoms with Gasteiger partial charge in [-0.2, -0.15) is 0 Å². The topological polar surface area (TPSA) is 181 Å². The van der Waals surface area contributed by atoms with Gasteiger partial charge in [-0.25, -0.2) is 0 Å². The number of unbranched alkanes of at least 4 members (excludes halogenated alkanes) is 5. The summed E-state index contributed by atoms with van der Waals surface area (Å²) in [5.41, 5.74) is 1.06. The number of anilines is 1. The fourth-order valence-corrected chi connectivity index (χ4v) is 5.97. The number of methoxy groups -OCH3 is 2. The summed E-state index contributed by atoms with van der Waals surface area (Å²) in [6.45, 7) is 6.21. The summed E-state index contributed by atoms with van der Waals surface area (Å²) in [5, 5.41) is 2.86. The van der Waals surface area contributed by atoms with Crippen LogP contribution in [0.15, 0.2) is 36.5 Å². The van der Waals surface area contributed by atoms with Crippen molar-refractivity contribution in [3.05, 3.63) is 47.8 Å². The highest BCUT2D eigenvalue weighted by Crippen LogP contribution is 2.38. The Morgan fingerprint density at radius 3 is 2.06 bits per heavy atom. The third-order valence-electron chi connectivity index (χ3n) is 9.04. The first kappa shape index (κ1) is 41.5. The van der Waals surface area contributed by atoms with Crippen molar-refractivity contribution in [3.63, 3.8) is 0 Å². The highest BCUT2D eigenvalue weighted by atomic mass is 16.6. The minimum Gasteiger partial charge on any atom is -0.491 e. The number of carbonyl (C=O) groups excluding carboxylic acids is 7. The van der Waals surface area contributed by atoms with Crippen molar-refractivity contribution >= 4 is 46.7 Å². The lowest BCUT2D eigenvalue weighted by Crippen LogP contribution is -2.45. The van der Waals surface area contributed by atoms with Crippen molar-refractivity contribution in [2.24, 2.45) is 17.8 Å². The van der Waals surface area contributed by atoms with E-state index in [1.807, 2.05) is 0 Å². The molecule has 0 bridgehead atoms. The van der Waals surface area contributed by atoms with Crippen LogP contribution in [0, 0.1) is 24.7 Å². The third kappa shape index (κ3) is 11.5. The summed E-state index contributed by atoms with van der Waals surface area (Å²) in [7, 11) is 2.69. The number of hydrogen-bond donors (Lipinski definition) is 1. The van der Waals surface area contributed by atoms with E-state index in [2.05, 4.69) is 15.0 Å². The van der Waals surface area contributed by atoms with Gasteiger partial charge in [-0.15, -0.1) is 0 Å². The molecule has 0 amide bonds. The van der Waals surface area contributed by atoms with Crippen molar-refractivity contribution in [2.45, 2.75) is 104 Å². The smallest absolute Gasteiger partial charge is 0.311 e. The van der Waals surface area contributed by atoms with Crippen LogP contribution < -0.4 is 14.8 Å². The van der Waals surface area contributed by atoms with E-state index in [1.165, 1.54) is 27.3 Å². The zero-order valence-corrected chi connectivity index (χ0v) is 30.9. The van der Waals surface area contributed by atoms with E-state index in [1.54, 1.807) is 51.1 Å². The van der Waals surface area contributed by atoms with Gasteiger partial charge in [0.15, 0.2) is 11.5 Å². The van der Waals surface area contributed by atoms with Crippen LogP contribution in [0.25, 0.3) is 0 Å². The second-order valence-electron chi connectivity index (χ2n) is 13.3. The summed E-state index contributed by atoms with van der Waals surface area (Å²) < 4.78 is 21.6. The molecule has 0 spiro atoms. The molecule has 13 nitrogen and oxygen atoms in total. The Hall–Kier alpha value is -4.94. The molecular formula is C39H50N2O11. The third-order valence-corrected chi connectivity index (χ3v) is 9.04. The van der Waals surface area contributed by atoms with Crippen LogP contribution in [0.2, 0.25) is 0 Å². The predicted molar refractivity (Wildman–Crippen MR) is 190 cm³/mol. The number of hydrogen-bond acceptors (Lipinski definition) is 13. The van der Waals surface area contributed by atoms with Crippen LogP contribution in [-0.4, -0.2) is 72.4 Å². The number of ether oxygens (including phenoxy) is 4. The second kappa shape index (κ2) is 20.2. The SMILES string of the molecule is COC(=O)CCCCCCCCC(=O)Oc1c(C)ncc(N[C@H]2CC(=O)C(=O)[C@H](Cc3ccccc3)[C@H](OC(=O)C(C)C)[C@H](C)C(=O)C2=O)c1OC. The molecule has 3 rings (SSSR count). The molecule has 0 aliphatic heterocycles. The number of esters is 3. The molecule has 1 aromatic carbocycles. The van der Waals surface area contributed by atoms with Gasteiger partial charge in [-0.05, 0) is 31.7 Å². The maximum absolute atomic E-state index is 13.8. The molecule has 1 heterocycles. The van der Waals surface area contributed by atoms with Crippen LogP contribution in [0.4, 0.5) is 5.69 Å². The van der Waals surface area contributed by atoms with Gasteiger partial charge in [0.2, 0.25) is 23.1 Å². The Bertz CT molecular complexity index is 1600. The van der Waals surface area contributed by atoms with Crippen molar-refractivity contribution in [2.75, 3.05) is 19.5 Å². The zero-order chi connectivity index (χ0) is 38.4. The molecule has 1 fully saturated rings. The van der Waals surface area contributed by atoms with Crippen molar-refractivity contribution in [1.29, 1.82) is 0 Å². The number of benzene rings is 1. The van der Waals surface area contributed by atoms with Crippen LogP contribution in [-0.2, 0) is 49.5 Å². The number of nitrogens with zero attached hydrogens (tertiary/aromatic N) is 1. The molecular weight excluding hydrogens is 672 g/mol. The number of aryl methyl sites for hydroxylation is 1. The van der Waals surface area contributed by atoms with Crippen LogP contribution in [0.1, 0.15) is 89.8 Å². The summed E-state index contributed by atoms with van der Waals surface area (Å²) in [4.78, 5) is 96.0.